The van der Waals surface area contributed by atoms with Crippen molar-refractivity contribution in [3.8, 4) is 0 Å². The molecule has 0 spiro atoms. The second-order valence-corrected chi connectivity index (χ2v) is 6.97. The van der Waals surface area contributed by atoms with E-state index in [2.05, 4.69) is 46.7 Å². The molecule has 2 fully saturated rings. The van der Waals surface area contributed by atoms with Gasteiger partial charge in [0.15, 0.2) is 0 Å². The number of ether oxygens (including phenoxy) is 1. The van der Waals surface area contributed by atoms with E-state index < -0.39 is 0 Å². The normalized spacial score (nSPS) is 23.1. The summed E-state index contributed by atoms with van der Waals surface area (Å²) in [6.07, 6.45) is 2.59. The fourth-order valence-electron chi connectivity index (χ4n) is 3.53. The molecule has 2 N–H and O–H groups in total. The summed E-state index contributed by atoms with van der Waals surface area (Å²) in [5.74, 6) is 0.148. The van der Waals surface area contributed by atoms with Gasteiger partial charge in [-0.1, -0.05) is 24.3 Å². The first-order chi connectivity index (χ1) is 11.7. The van der Waals surface area contributed by atoms with E-state index in [1.165, 1.54) is 11.1 Å². The lowest BCUT2D eigenvalue weighted by molar-refractivity contribution is -0.123. The molecule has 0 saturated carbocycles. The van der Waals surface area contributed by atoms with Crippen LogP contribution in [0, 0.1) is 6.92 Å². The van der Waals surface area contributed by atoms with Gasteiger partial charge in [-0.05, 0) is 30.9 Å². The van der Waals surface area contributed by atoms with E-state index in [1.54, 1.807) is 0 Å². The van der Waals surface area contributed by atoms with E-state index in [0.29, 0.717) is 19.1 Å². The molecule has 1 atom stereocenters. The maximum Gasteiger partial charge on any atom is 0.221 e. The SMILES string of the molecule is Cc1ccccc1CN1CCC(NC(=O)CC2COCCN2)CC1. The van der Waals surface area contributed by atoms with Crippen molar-refractivity contribution in [2.45, 2.75) is 44.8 Å². The van der Waals surface area contributed by atoms with E-state index in [-0.39, 0.29) is 11.9 Å². The fourth-order valence-corrected chi connectivity index (χ4v) is 3.53. The summed E-state index contributed by atoms with van der Waals surface area (Å²) in [6, 6.07) is 9.06. The van der Waals surface area contributed by atoms with Crippen LogP contribution in [0.4, 0.5) is 0 Å². The quantitative estimate of drug-likeness (QED) is 0.858. The van der Waals surface area contributed by atoms with Gasteiger partial charge in [-0.2, -0.15) is 0 Å². The van der Waals surface area contributed by atoms with Gasteiger partial charge in [-0.15, -0.1) is 0 Å². The van der Waals surface area contributed by atoms with Crippen LogP contribution in [-0.2, 0) is 16.1 Å². The van der Waals surface area contributed by atoms with E-state index in [0.717, 1.165) is 45.6 Å². The molecule has 5 heteroatoms. The van der Waals surface area contributed by atoms with E-state index in [1.807, 2.05) is 0 Å². The van der Waals surface area contributed by atoms with Crippen LogP contribution in [0.5, 0.6) is 0 Å². The number of hydrogen-bond donors (Lipinski definition) is 2. The molecule has 0 bridgehead atoms. The van der Waals surface area contributed by atoms with E-state index in [4.69, 9.17) is 4.74 Å². The molecule has 1 aromatic carbocycles. The Kier molecular flexibility index (Phi) is 6.24. The van der Waals surface area contributed by atoms with Crippen molar-refractivity contribution in [3.63, 3.8) is 0 Å². The van der Waals surface area contributed by atoms with Crippen LogP contribution < -0.4 is 10.6 Å². The minimum absolute atomic E-state index is 0.148. The van der Waals surface area contributed by atoms with Crippen molar-refractivity contribution in [1.82, 2.24) is 15.5 Å². The van der Waals surface area contributed by atoms with Gasteiger partial charge in [0.2, 0.25) is 5.91 Å². The number of carbonyl (C=O) groups excluding carboxylic acids is 1. The summed E-state index contributed by atoms with van der Waals surface area (Å²) >= 11 is 0. The molecule has 3 rings (SSSR count). The molecule has 5 nitrogen and oxygen atoms in total. The van der Waals surface area contributed by atoms with Crippen LogP contribution >= 0.6 is 0 Å². The van der Waals surface area contributed by atoms with Crippen LogP contribution in [0.15, 0.2) is 24.3 Å². The second kappa shape index (κ2) is 8.60. The summed E-state index contributed by atoms with van der Waals surface area (Å²) in [5, 5.41) is 6.53. The highest BCUT2D eigenvalue weighted by atomic mass is 16.5. The van der Waals surface area contributed by atoms with Crippen molar-refractivity contribution in [2.24, 2.45) is 0 Å². The van der Waals surface area contributed by atoms with Crippen LogP contribution in [0.1, 0.15) is 30.4 Å². The first kappa shape index (κ1) is 17.4. The molecule has 2 aliphatic heterocycles. The van der Waals surface area contributed by atoms with Crippen molar-refractivity contribution >= 4 is 5.91 Å². The molecule has 2 saturated heterocycles. The molecule has 0 aliphatic carbocycles. The Morgan fingerprint density at radius 1 is 1.33 bits per heavy atom. The van der Waals surface area contributed by atoms with Crippen LogP contribution in [0.3, 0.4) is 0 Å². The summed E-state index contributed by atoms with van der Waals surface area (Å²) in [5.41, 5.74) is 2.76. The van der Waals surface area contributed by atoms with Gasteiger partial charge in [0.05, 0.1) is 13.2 Å². The van der Waals surface area contributed by atoms with E-state index >= 15 is 0 Å². The number of carbonyl (C=O) groups is 1. The zero-order valence-electron chi connectivity index (χ0n) is 14.6. The third-order valence-electron chi connectivity index (χ3n) is 5.04. The number of piperidine rings is 1. The lowest BCUT2D eigenvalue weighted by atomic mass is 10.0. The van der Waals surface area contributed by atoms with Crippen molar-refractivity contribution in [2.75, 3.05) is 32.8 Å². The first-order valence-electron chi connectivity index (χ1n) is 9.08. The summed E-state index contributed by atoms with van der Waals surface area (Å²) < 4.78 is 5.40. The number of rotatable bonds is 5. The standard InChI is InChI=1S/C19H29N3O2/c1-15-4-2-3-5-16(15)13-22-9-6-17(7-10-22)21-19(23)12-18-14-24-11-8-20-18/h2-5,17-18,20H,6-14H2,1H3,(H,21,23). The average molecular weight is 331 g/mol. The van der Waals surface area contributed by atoms with Crippen molar-refractivity contribution in [1.29, 1.82) is 0 Å². The van der Waals surface area contributed by atoms with Crippen molar-refractivity contribution in [3.05, 3.63) is 35.4 Å². The summed E-state index contributed by atoms with van der Waals surface area (Å²) in [7, 11) is 0. The molecule has 1 unspecified atom stereocenters. The van der Waals surface area contributed by atoms with Gasteiger partial charge < -0.3 is 15.4 Å². The molecule has 1 amide bonds. The summed E-state index contributed by atoms with van der Waals surface area (Å²) in [4.78, 5) is 14.7. The highest BCUT2D eigenvalue weighted by molar-refractivity contribution is 5.76. The molecule has 0 radical (unpaired) electrons. The Morgan fingerprint density at radius 3 is 2.83 bits per heavy atom. The van der Waals surface area contributed by atoms with Gasteiger partial charge in [0, 0.05) is 44.7 Å². The topological polar surface area (TPSA) is 53.6 Å². The lowest BCUT2D eigenvalue weighted by Crippen LogP contribution is -2.48. The minimum Gasteiger partial charge on any atom is -0.378 e. The molecule has 2 aliphatic rings. The highest BCUT2D eigenvalue weighted by Gasteiger charge is 2.23. The molecule has 1 aromatic rings. The summed E-state index contributed by atoms with van der Waals surface area (Å²) in [6.45, 7) is 7.51. The maximum atomic E-state index is 12.2. The first-order valence-corrected chi connectivity index (χ1v) is 9.08. The number of benzene rings is 1. The average Bonchev–Trinajstić information content (AvgIpc) is 2.59. The Hall–Kier alpha value is -1.43. The minimum atomic E-state index is 0.148. The Bertz CT molecular complexity index is 535. The van der Waals surface area contributed by atoms with Gasteiger partial charge in [-0.25, -0.2) is 0 Å². The Morgan fingerprint density at radius 2 is 2.12 bits per heavy atom. The number of aryl methyl sites for hydroxylation is 1. The van der Waals surface area contributed by atoms with Crippen molar-refractivity contribution < 1.29 is 9.53 Å². The number of hydrogen-bond acceptors (Lipinski definition) is 4. The smallest absolute Gasteiger partial charge is 0.221 e. The van der Waals surface area contributed by atoms with Crippen LogP contribution in [-0.4, -0.2) is 55.7 Å². The zero-order valence-corrected chi connectivity index (χ0v) is 14.6. The predicted molar refractivity (Wildman–Crippen MR) is 94.8 cm³/mol. The number of morpholine rings is 1. The molecular formula is C19H29N3O2. The molecule has 132 valence electrons. The second-order valence-electron chi connectivity index (χ2n) is 6.97. The van der Waals surface area contributed by atoms with Crippen LogP contribution in [0.25, 0.3) is 0 Å². The monoisotopic (exact) mass is 331 g/mol. The maximum absolute atomic E-state index is 12.2. The number of nitrogens with zero attached hydrogens (tertiary/aromatic N) is 1. The molecule has 0 aromatic heterocycles. The number of amides is 1. The third kappa shape index (κ3) is 5.03. The number of likely N-dealkylation sites (tertiary alicyclic amines) is 1. The molecule has 2 heterocycles. The fraction of sp³-hybridized carbons (Fsp3) is 0.632. The highest BCUT2D eigenvalue weighted by Crippen LogP contribution is 2.16. The predicted octanol–water partition coefficient (Wildman–Crippen LogP) is 1.45. The zero-order chi connectivity index (χ0) is 16.8. The Balaban J connectivity index is 1.38. The molecular weight excluding hydrogens is 302 g/mol. The Labute approximate surface area is 144 Å². The lowest BCUT2D eigenvalue weighted by Gasteiger charge is -2.33. The largest absolute Gasteiger partial charge is 0.378 e. The van der Waals surface area contributed by atoms with Gasteiger partial charge in [0.1, 0.15) is 0 Å². The van der Waals surface area contributed by atoms with Crippen LogP contribution in [0.2, 0.25) is 0 Å². The number of nitrogens with one attached hydrogen (secondary N) is 2. The van der Waals surface area contributed by atoms with Gasteiger partial charge in [0.25, 0.3) is 0 Å². The van der Waals surface area contributed by atoms with Gasteiger partial charge >= 0.3 is 0 Å². The van der Waals surface area contributed by atoms with E-state index in [9.17, 15) is 4.79 Å². The molecule has 24 heavy (non-hydrogen) atoms. The third-order valence-corrected chi connectivity index (χ3v) is 5.04. The van der Waals surface area contributed by atoms with Gasteiger partial charge in [-0.3, -0.25) is 9.69 Å².